The number of nitrogens with one attached hydrogen (secondary N) is 1. The van der Waals surface area contributed by atoms with Crippen LogP contribution in [-0.4, -0.2) is 19.2 Å². The number of benzene rings is 1. The molecule has 0 heterocycles. The van der Waals surface area contributed by atoms with Gasteiger partial charge in [0.05, 0.1) is 0 Å². The molecule has 0 atom stereocenters. The van der Waals surface area contributed by atoms with Crippen LogP contribution in [0.1, 0.15) is 21.5 Å². The standard InChI is InChI=1S/C11H15NOS/c1-7-8(2)10(14-4)6-5-9(7)11(13)12-3/h5-6H,1-4H3,(H,12,13). The molecule has 76 valence electrons. The summed E-state index contributed by atoms with van der Waals surface area (Å²) in [4.78, 5) is 12.7. The second-order valence-electron chi connectivity index (χ2n) is 3.14. The third-order valence-electron chi connectivity index (χ3n) is 2.43. The summed E-state index contributed by atoms with van der Waals surface area (Å²) in [5.41, 5.74) is 3.03. The van der Waals surface area contributed by atoms with E-state index in [1.807, 2.05) is 32.2 Å². The minimum Gasteiger partial charge on any atom is -0.355 e. The number of hydrogen-bond acceptors (Lipinski definition) is 2. The van der Waals surface area contributed by atoms with E-state index in [-0.39, 0.29) is 5.91 Å². The highest BCUT2D eigenvalue weighted by atomic mass is 32.2. The SMILES string of the molecule is CNC(=O)c1ccc(SC)c(C)c1C. The van der Waals surface area contributed by atoms with E-state index < -0.39 is 0 Å². The van der Waals surface area contributed by atoms with Crippen LogP contribution in [0.4, 0.5) is 0 Å². The molecular weight excluding hydrogens is 194 g/mol. The van der Waals surface area contributed by atoms with Gasteiger partial charge in [0.25, 0.3) is 5.91 Å². The average Bonchev–Trinajstić information content (AvgIpc) is 2.21. The minimum absolute atomic E-state index is 0.0155. The fourth-order valence-corrected chi connectivity index (χ4v) is 2.06. The van der Waals surface area contributed by atoms with E-state index in [0.29, 0.717) is 0 Å². The first-order chi connectivity index (χ1) is 6.61. The largest absolute Gasteiger partial charge is 0.355 e. The van der Waals surface area contributed by atoms with Gasteiger partial charge in [0.1, 0.15) is 0 Å². The Balaban J connectivity index is 3.24. The third kappa shape index (κ3) is 1.93. The second kappa shape index (κ2) is 4.51. The molecule has 0 aliphatic heterocycles. The molecule has 0 saturated heterocycles. The number of amides is 1. The molecule has 3 heteroatoms. The normalized spacial score (nSPS) is 10.0. The molecule has 0 aromatic heterocycles. The monoisotopic (exact) mass is 209 g/mol. The van der Waals surface area contributed by atoms with Crippen LogP contribution in [0.2, 0.25) is 0 Å². The van der Waals surface area contributed by atoms with Gasteiger partial charge in [-0.1, -0.05) is 0 Å². The smallest absolute Gasteiger partial charge is 0.251 e. The Morgan fingerprint density at radius 2 is 1.93 bits per heavy atom. The van der Waals surface area contributed by atoms with E-state index in [1.165, 1.54) is 10.5 Å². The molecule has 0 spiro atoms. The van der Waals surface area contributed by atoms with Crippen molar-refractivity contribution in [1.29, 1.82) is 0 Å². The van der Waals surface area contributed by atoms with Crippen molar-refractivity contribution in [2.24, 2.45) is 0 Å². The molecule has 1 amide bonds. The highest BCUT2D eigenvalue weighted by Crippen LogP contribution is 2.24. The summed E-state index contributed by atoms with van der Waals surface area (Å²) >= 11 is 1.71. The van der Waals surface area contributed by atoms with Gasteiger partial charge in [-0.15, -0.1) is 11.8 Å². The fraction of sp³-hybridized carbons (Fsp3) is 0.364. The van der Waals surface area contributed by atoms with Crippen molar-refractivity contribution in [3.8, 4) is 0 Å². The molecule has 0 aliphatic carbocycles. The summed E-state index contributed by atoms with van der Waals surface area (Å²) in [6, 6.07) is 3.88. The van der Waals surface area contributed by atoms with Gasteiger partial charge in [0.2, 0.25) is 0 Å². The number of carbonyl (C=O) groups is 1. The molecule has 0 fully saturated rings. The summed E-state index contributed by atoms with van der Waals surface area (Å²) < 4.78 is 0. The lowest BCUT2D eigenvalue weighted by Gasteiger charge is -2.10. The van der Waals surface area contributed by atoms with Gasteiger partial charge in [0.15, 0.2) is 0 Å². The number of hydrogen-bond donors (Lipinski definition) is 1. The van der Waals surface area contributed by atoms with Crippen LogP contribution in [-0.2, 0) is 0 Å². The lowest BCUT2D eigenvalue weighted by atomic mass is 10.0. The van der Waals surface area contributed by atoms with Crippen LogP contribution in [0.5, 0.6) is 0 Å². The van der Waals surface area contributed by atoms with Crippen molar-refractivity contribution >= 4 is 17.7 Å². The van der Waals surface area contributed by atoms with Crippen LogP contribution in [0.15, 0.2) is 17.0 Å². The Labute approximate surface area is 89.1 Å². The predicted octanol–water partition coefficient (Wildman–Crippen LogP) is 2.38. The first-order valence-electron chi connectivity index (χ1n) is 4.48. The Hall–Kier alpha value is -0.960. The van der Waals surface area contributed by atoms with Crippen LogP contribution in [0.25, 0.3) is 0 Å². The van der Waals surface area contributed by atoms with Gasteiger partial charge in [0, 0.05) is 17.5 Å². The zero-order valence-electron chi connectivity index (χ0n) is 8.97. The van der Waals surface area contributed by atoms with Gasteiger partial charge in [-0.3, -0.25) is 4.79 Å². The molecule has 0 bridgehead atoms. The average molecular weight is 209 g/mol. The zero-order valence-corrected chi connectivity index (χ0v) is 9.79. The Bertz CT molecular complexity index is 361. The highest BCUT2D eigenvalue weighted by Gasteiger charge is 2.10. The van der Waals surface area contributed by atoms with E-state index in [0.717, 1.165) is 11.1 Å². The van der Waals surface area contributed by atoms with E-state index in [9.17, 15) is 4.79 Å². The molecule has 1 aromatic rings. The molecule has 1 N–H and O–H groups in total. The minimum atomic E-state index is -0.0155. The number of thioether (sulfide) groups is 1. The van der Waals surface area contributed by atoms with E-state index >= 15 is 0 Å². The lowest BCUT2D eigenvalue weighted by molar-refractivity contribution is 0.0962. The Morgan fingerprint density at radius 1 is 1.29 bits per heavy atom. The van der Waals surface area contributed by atoms with Crippen molar-refractivity contribution in [3.05, 3.63) is 28.8 Å². The molecule has 1 aromatic carbocycles. The Morgan fingerprint density at radius 3 is 2.43 bits per heavy atom. The topological polar surface area (TPSA) is 29.1 Å². The van der Waals surface area contributed by atoms with Gasteiger partial charge >= 0.3 is 0 Å². The molecule has 0 aliphatic rings. The number of carbonyl (C=O) groups excluding carboxylic acids is 1. The summed E-state index contributed by atoms with van der Waals surface area (Å²) in [5.74, 6) is -0.0155. The van der Waals surface area contributed by atoms with Gasteiger partial charge in [-0.2, -0.15) is 0 Å². The summed E-state index contributed by atoms with van der Waals surface area (Å²) in [5, 5.41) is 2.64. The molecular formula is C11H15NOS. The van der Waals surface area contributed by atoms with Crippen molar-refractivity contribution in [3.63, 3.8) is 0 Å². The maximum atomic E-state index is 11.5. The van der Waals surface area contributed by atoms with Crippen LogP contribution in [0.3, 0.4) is 0 Å². The van der Waals surface area contributed by atoms with Crippen molar-refractivity contribution < 1.29 is 4.79 Å². The van der Waals surface area contributed by atoms with Crippen molar-refractivity contribution in [1.82, 2.24) is 5.32 Å². The maximum absolute atomic E-state index is 11.5. The van der Waals surface area contributed by atoms with Crippen LogP contribution in [0, 0.1) is 13.8 Å². The third-order valence-corrected chi connectivity index (χ3v) is 3.31. The van der Waals surface area contributed by atoms with Crippen molar-refractivity contribution in [2.45, 2.75) is 18.7 Å². The molecule has 1 rings (SSSR count). The van der Waals surface area contributed by atoms with Gasteiger partial charge in [-0.05, 0) is 43.4 Å². The van der Waals surface area contributed by atoms with Crippen LogP contribution >= 0.6 is 11.8 Å². The summed E-state index contributed by atoms with van der Waals surface area (Å²) in [7, 11) is 1.65. The first-order valence-corrected chi connectivity index (χ1v) is 5.70. The quantitative estimate of drug-likeness (QED) is 0.758. The maximum Gasteiger partial charge on any atom is 0.251 e. The Kier molecular flexibility index (Phi) is 3.58. The molecule has 0 saturated carbocycles. The second-order valence-corrected chi connectivity index (χ2v) is 3.99. The molecule has 0 radical (unpaired) electrons. The molecule has 0 unspecified atom stereocenters. The predicted molar refractivity (Wildman–Crippen MR) is 61.1 cm³/mol. The lowest BCUT2D eigenvalue weighted by Crippen LogP contribution is -2.19. The van der Waals surface area contributed by atoms with E-state index in [2.05, 4.69) is 5.32 Å². The zero-order chi connectivity index (χ0) is 10.7. The molecule has 14 heavy (non-hydrogen) atoms. The van der Waals surface area contributed by atoms with Gasteiger partial charge in [-0.25, -0.2) is 0 Å². The van der Waals surface area contributed by atoms with Gasteiger partial charge < -0.3 is 5.32 Å². The summed E-state index contributed by atoms with van der Waals surface area (Å²) in [6.45, 7) is 4.03. The summed E-state index contributed by atoms with van der Waals surface area (Å²) in [6.07, 6.45) is 2.04. The highest BCUT2D eigenvalue weighted by molar-refractivity contribution is 7.98. The van der Waals surface area contributed by atoms with Crippen molar-refractivity contribution in [2.75, 3.05) is 13.3 Å². The van der Waals surface area contributed by atoms with Crippen LogP contribution < -0.4 is 5.32 Å². The van der Waals surface area contributed by atoms with E-state index in [4.69, 9.17) is 0 Å². The fourth-order valence-electron chi connectivity index (χ4n) is 1.40. The number of rotatable bonds is 2. The molecule has 2 nitrogen and oxygen atoms in total. The van der Waals surface area contributed by atoms with E-state index in [1.54, 1.807) is 18.8 Å². The first kappa shape index (κ1) is 11.1.